The lowest BCUT2D eigenvalue weighted by Gasteiger charge is -2.47. The van der Waals surface area contributed by atoms with E-state index in [1.54, 1.807) is 12.4 Å². The molecule has 0 aromatic carbocycles. The Hall–Kier alpha value is -1.95. The van der Waals surface area contributed by atoms with Gasteiger partial charge in [-0.25, -0.2) is 0 Å². The number of carbonyl (C=O) groups is 2. The van der Waals surface area contributed by atoms with E-state index in [-0.39, 0.29) is 23.3 Å². The molecule has 0 aliphatic carbocycles. The van der Waals surface area contributed by atoms with Crippen LogP contribution in [0.5, 0.6) is 0 Å². The summed E-state index contributed by atoms with van der Waals surface area (Å²) in [6.07, 6.45) is 10.9. The van der Waals surface area contributed by atoms with Crippen LogP contribution in [-0.4, -0.2) is 65.5 Å². The fourth-order valence-electron chi connectivity index (χ4n) is 4.90. The third-order valence-corrected chi connectivity index (χ3v) is 6.75. The number of aryl methyl sites for hydroxylation is 1. The van der Waals surface area contributed by atoms with Gasteiger partial charge < -0.3 is 14.5 Å². The molecular formula is C22H31N3O3. The standard InChI is InChI=1S/C22H31N3O3/c26-20(4-3-18-6-11-23-12-7-18)24-13-9-22(10-14-24)8-5-21(27)25(17-22)16-19-2-1-15-28-19/h6-7,11-12,19H,1-5,8-10,13-17H2. The third kappa shape index (κ3) is 4.54. The molecule has 3 aliphatic rings. The Morgan fingerprint density at radius 1 is 1.21 bits per heavy atom. The fourth-order valence-corrected chi connectivity index (χ4v) is 4.90. The zero-order chi connectivity index (χ0) is 19.4. The SMILES string of the molecule is O=C(CCc1ccncc1)N1CCC2(CCC(=O)N(CC3CCCO3)C2)CC1. The van der Waals surface area contributed by atoms with Crippen molar-refractivity contribution in [3.63, 3.8) is 0 Å². The second-order valence-electron chi connectivity index (χ2n) is 8.65. The minimum Gasteiger partial charge on any atom is -0.376 e. The summed E-state index contributed by atoms with van der Waals surface area (Å²) in [5.74, 6) is 0.520. The number of carbonyl (C=O) groups excluding carboxylic acids is 2. The highest BCUT2D eigenvalue weighted by atomic mass is 16.5. The van der Waals surface area contributed by atoms with Gasteiger partial charge in [-0.15, -0.1) is 0 Å². The van der Waals surface area contributed by atoms with Gasteiger partial charge in [0.2, 0.25) is 11.8 Å². The number of amides is 2. The van der Waals surface area contributed by atoms with Gasteiger partial charge >= 0.3 is 0 Å². The predicted molar refractivity (Wildman–Crippen MR) is 106 cm³/mol. The largest absolute Gasteiger partial charge is 0.376 e. The summed E-state index contributed by atoms with van der Waals surface area (Å²) >= 11 is 0. The number of hydrogen-bond donors (Lipinski definition) is 0. The van der Waals surface area contributed by atoms with Crippen LogP contribution in [0, 0.1) is 5.41 Å². The van der Waals surface area contributed by atoms with Crippen molar-refractivity contribution in [3.05, 3.63) is 30.1 Å². The van der Waals surface area contributed by atoms with E-state index in [0.717, 1.165) is 76.9 Å². The molecule has 4 rings (SSSR count). The van der Waals surface area contributed by atoms with Crippen LogP contribution in [-0.2, 0) is 20.7 Å². The molecular weight excluding hydrogens is 354 g/mol. The number of rotatable bonds is 5. The zero-order valence-electron chi connectivity index (χ0n) is 16.6. The second kappa shape index (κ2) is 8.60. The van der Waals surface area contributed by atoms with Crippen molar-refractivity contribution >= 4 is 11.8 Å². The number of likely N-dealkylation sites (tertiary alicyclic amines) is 2. The number of aromatic nitrogens is 1. The molecule has 0 saturated carbocycles. The van der Waals surface area contributed by atoms with Crippen LogP contribution < -0.4 is 0 Å². The lowest BCUT2D eigenvalue weighted by molar-refractivity contribution is -0.144. The molecule has 1 aromatic heterocycles. The van der Waals surface area contributed by atoms with Crippen molar-refractivity contribution in [1.29, 1.82) is 0 Å². The number of nitrogens with zero attached hydrogens (tertiary/aromatic N) is 3. The molecule has 28 heavy (non-hydrogen) atoms. The normalized spacial score (nSPS) is 24.7. The van der Waals surface area contributed by atoms with Crippen LogP contribution in [0.3, 0.4) is 0 Å². The second-order valence-corrected chi connectivity index (χ2v) is 8.65. The first-order chi connectivity index (χ1) is 13.6. The maximum absolute atomic E-state index is 12.6. The molecule has 1 spiro atoms. The van der Waals surface area contributed by atoms with Gasteiger partial charge in [0, 0.05) is 58.0 Å². The van der Waals surface area contributed by atoms with E-state index in [1.807, 2.05) is 21.9 Å². The molecule has 4 heterocycles. The smallest absolute Gasteiger partial charge is 0.222 e. The number of hydrogen-bond acceptors (Lipinski definition) is 4. The van der Waals surface area contributed by atoms with Gasteiger partial charge in [0.25, 0.3) is 0 Å². The van der Waals surface area contributed by atoms with Crippen LogP contribution in [0.1, 0.15) is 50.5 Å². The quantitative estimate of drug-likeness (QED) is 0.781. The third-order valence-electron chi connectivity index (χ3n) is 6.75. The highest BCUT2D eigenvalue weighted by Crippen LogP contribution is 2.40. The van der Waals surface area contributed by atoms with Gasteiger partial charge in [0.15, 0.2) is 0 Å². The van der Waals surface area contributed by atoms with Gasteiger partial charge in [-0.05, 0) is 61.6 Å². The van der Waals surface area contributed by atoms with Crippen molar-refractivity contribution in [1.82, 2.24) is 14.8 Å². The number of ether oxygens (including phenoxy) is 1. The van der Waals surface area contributed by atoms with Gasteiger partial charge in [-0.2, -0.15) is 0 Å². The molecule has 6 heteroatoms. The summed E-state index contributed by atoms with van der Waals surface area (Å²) in [7, 11) is 0. The van der Waals surface area contributed by atoms with Gasteiger partial charge in [0.1, 0.15) is 0 Å². The van der Waals surface area contributed by atoms with E-state index >= 15 is 0 Å². The average molecular weight is 386 g/mol. The van der Waals surface area contributed by atoms with Crippen LogP contribution in [0.4, 0.5) is 0 Å². The Kier molecular flexibility index (Phi) is 5.95. The van der Waals surface area contributed by atoms with Gasteiger partial charge in [0.05, 0.1) is 6.10 Å². The maximum Gasteiger partial charge on any atom is 0.222 e. The Balaban J connectivity index is 1.27. The van der Waals surface area contributed by atoms with E-state index in [0.29, 0.717) is 12.8 Å². The fraction of sp³-hybridized carbons (Fsp3) is 0.682. The molecule has 0 bridgehead atoms. The molecule has 2 amide bonds. The monoisotopic (exact) mass is 385 g/mol. The van der Waals surface area contributed by atoms with E-state index in [4.69, 9.17) is 4.74 Å². The highest BCUT2D eigenvalue weighted by molar-refractivity contribution is 5.78. The van der Waals surface area contributed by atoms with Crippen molar-refractivity contribution in [2.45, 2.75) is 57.5 Å². The van der Waals surface area contributed by atoms with Crippen molar-refractivity contribution in [2.24, 2.45) is 5.41 Å². The molecule has 3 aliphatic heterocycles. The average Bonchev–Trinajstić information content (AvgIpc) is 3.24. The van der Waals surface area contributed by atoms with Gasteiger partial charge in [-0.1, -0.05) is 0 Å². The Bertz CT molecular complexity index is 680. The molecule has 3 fully saturated rings. The van der Waals surface area contributed by atoms with Crippen LogP contribution >= 0.6 is 0 Å². The molecule has 1 aromatic rings. The molecule has 3 saturated heterocycles. The Morgan fingerprint density at radius 2 is 2.00 bits per heavy atom. The van der Waals surface area contributed by atoms with Crippen LogP contribution in [0.2, 0.25) is 0 Å². The lowest BCUT2D eigenvalue weighted by atomic mass is 9.72. The minimum atomic E-state index is 0.189. The summed E-state index contributed by atoms with van der Waals surface area (Å²) in [6, 6.07) is 3.94. The first kappa shape index (κ1) is 19.4. The summed E-state index contributed by atoms with van der Waals surface area (Å²) < 4.78 is 5.74. The zero-order valence-corrected chi connectivity index (χ0v) is 16.6. The topological polar surface area (TPSA) is 62.7 Å². The molecule has 0 N–H and O–H groups in total. The summed E-state index contributed by atoms with van der Waals surface area (Å²) in [5.41, 5.74) is 1.35. The van der Waals surface area contributed by atoms with E-state index in [2.05, 4.69) is 4.98 Å². The number of piperidine rings is 2. The van der Waals surface area contributed by atoms with E-state index < -0.39 is 0 Å². The first-order valence-electron chi connectivity index (χ1n) is 10.7. The van der Waals surface area contributed by atoms with Crippen LogP contribution in [0.15, 0.2) is 24.5 Å². The first-order valence-corrected chi connectivity index (χ1v) is 10.7. The van der Waals surface area contributed by atoms with Crippen molar-refractivity contribution in [2.75, 3.05) is 32.8 Å². The Morgan fingerprint density at radius 3 is 2.71 bits per heavy atom. The predicted octanol–water partition coefficient (Wildman–Crippen LogP) is 2.42. The van der Waals surface area contributed by atoms with Gasteiger partial charge in [-0.3, -0.25) is 14.6 Å². The molecule has 1 atom stereocenters. The molecule has 152 valence electrons. The summed E-state index contributed by atoms with van der Waals surface area (Å²) in [6.45, 7) is 4.04. The number of pyridine rings is 1. The highest BCUT2D eigenvalue weighted by Gasteiger charge is 2.42. The summed E-state index contributed by atoms with van der Waals surface area (Å²) in [5, 5.41) is 0. The van der Waals surface area contributed by atoms with Crippen molar-refractivity contribution < 1.29 is 14.3 Å². The Labute approximate surface area is 167 Å². The van der Waals surface area contributed by atoms with E-state index in [1.165, 1.54) is 0 Å². The molecule has 1 unspecified atom stereocenters. The maximum atomic E-state index is 12.6. The molecule has 0 radical (unpaired) electrons. The van der Waals surface area contributed by atoms with Crippen LogP contribution in [0.25, 0.3) is 0 Å². The molecule has 6 nitrogen and oxygen atoms in total. The van der Waals surface area contributed by atoms with Crippen molar-refractivity contribution in [3.8, 4) is 0 Å². The lowest BCUT2D eigenvalue weighted by Crippen LogP contribution is -2.53. The summed E-state index contributed by atoms with van der Waals surface area (Å²) in [4.78, 5) is 33.1. The van der Waals surface area contributed by atoms with E-state index in [9.17, 15) is 9.59 Å². The minimum absolute atomic E-state index is 0.189.